The van der Waals surface area contributed by atoms with E-state index in [4.69, 9.17) is 10.5 Å². The van der Waals surface area contributed by atoms with Gasteiger partial charge in [0.05, 0.1) is 25.2 Å². The van der Waals surface area contributed by atoms with Crippen molar-refractivity contribution in [2.24, 2.45) is 5.41 Å². The lowest BCUT2D eigenvalue weighted by Gasteiger charge is -2.43. The molecule has 0 atom stereocenters. The summed E-state index contributed by atoms with van der Waals surface area (Å²) in [5.41, 5.74) is 0.327. The molecule has 0 spiro atoms. The first-order chi connectivity index (χ1) is 6.76. The summed E-state index contributed by atoms with van der Waals surface area (Å²) in [6.07, 6.45) is 3.70. The Labute approximate surface area is 93.4 Å². The number of alkyl halides is 1. The average Bonchev–Trinajstić information content (AvgIpc) is 2.12. The third-order valence-corrected chi connectivity index (χ3v) is 4.03. The van der Waals surface area contributed by atoms with Crippen molar-refractivity contribution >= 4 is 15.9 Å². The van der Waals surface area contributed by atoms with Gasteiger partial charge in [0.25, 0.3) is 0 Å². The van der Waals surface area contributed by atoms with E-state index in [0.717, 1.165) is 11.9 Å². The maximum absolute atomic E-state index is 8.61. The molecule has 0 aliphatic heterocycles. The van der Waals surface area contributed by atoms with Gasteiger partial charge in [-0.3, -0.25) is 4.90 Å². The Morgan fingerprint density at radius 1 is 1.21 bits per heavy atom. The van der Waals surface area contributed by atoms with Crippen molar-refractivity contribution < 1.29 is 0 Å². The molecule has 1 rings (SSSR count). The van der Waals surface area contributed by atoms with E-state index in [1.54, 1.807) is 0 Å². The second kappa shape index (κ2) is 5.34. The van der Waals surface area contributed by atoms with Crippen LogP contribution in [0.1, 0.15) is 19.3 Å². The number of nitrogens with zero attached hydrogens (tertiary/aromatic N) is 3. The largest absolute Gasteiger partial charge is 0.277 e. The van der Waals surface area contributed by atoms with Crippen LogP contribution >= 0.6 is 15.9 Å². The molecule has 1 aliphatic carbocycles. The van der Waals surface area contributed by atoms with Gasteiger partial charge >= 0.3 is 0 Å². The van der Waals surface area contributed by atoms with E-state index in [0.29, 0.717) is 18.5 Å². The minimum absolute atomic E-state index is 0.327. The number of nitriles is 2. The monoisotopic (exact) mass is 255 g/mol. The van der Waals surface area contributed by atoms with E-state index in [1.165, 1.54) is 19.3 Å². The maximum Gasteiger partial charge on any atom is 0.0874 e. The van der Waals surface area contributed by atoms with Crippen molar-refractivity contribution in [2.75, 3.05) is 25.0 Å². The molecule has 0 unspecified atom stereocenters. The van der Waals surface area contributed by atoms with Gasteiger partial charge in [-0.15, -0.1) is 0 Å². The van der Waals surface area contributed by atoms with Crippen LogP contribution in [0.4, 0.5) is 0 Å². The number of rotatable bonds is 5. The highest BCUT2D eigenvalue weighted by molar-refractivity contribution is 9.09. The topological polar surface area (TPSA) is 50.8 Å². The summed E-state index contributed by atoms with van der Waals surface area (Å²) in [6, 6.07) is 4.21. The third kappa shape index (κ3) is 2.70. The molecule has 3 nitrogen and oxygen atoms in total. The van der Waals surface area contributed by atoms with Crippen LogP contribution in [0.5, 0.6) is 0 Å². The molecule has 14 heavy (non-hydrogen) atoms. The molecule has 1 fully saturated rings. The van der Waals surface area contributed by atoms with Gasteiger partial charge in [0, 0.05) is 11.9 Å². The Bertz CT molecular complexity index is 238. The molecule has 0 radical (unpaired) electrons. The van der Waals surface area contributed by atoms with E-state index in [-0.39, 0.29) is 0 Å². The lowest BCUT2D eigenvalue weighted by Crippen LogP contribution is -2.43. The van der Waals surface area contributed by atoms with Crippen LogP contribution < -0.4 is 0 Å². The fraction of sp³-hybridized carbons (Fsp3) is 0.800. The molecule has 0 heterocycles. The predicted molar refractivity (Wildman–Crippen MR) is 57.7 cm³/mol. The van der Waals surface area contributed by atoms with Crippen molar-refractivity contribution in [3.05, 3.63) is 0 Å². The number of hydrogen-bond donors (Lipinski definition) is 0. The Balaban J connectivity index is 2.46. The van der Waals surface area contributed by atoms with Crippen LogP contribution in [-0.4, -0.2) is 29.9 Å². The standard InChI is InChI=1S/C10H14BrN3/c11-8-10(2-1-3-10)9-14(6-4-12)7-5-13/h1-3,6-9H2. The maximum atomic E-state index is 8.61. The van der Waals surface area contributed by atoms with E-state index in [9.17, 15) is 0 Å². The van der Waals surface area contributed by atoms with E-state index < -0.39 is 0 Å². The fourth-order valence-electron chi connectivity index (χ4n) is 1.85. The normalized spacial score (nSPS) is 18.3. The molecular weight excluding hydrogens is 242 g/mol. The Hall–Kier alpha value is -0.580. The fourth-order valence-corrected chi connectivity index (χ4v) is 2.59. The number of hydrogen-bond acceptors (Lipinski definition) is 3. The lowest BCUT2D eigenvalue weighted by atomic mass is 9.70. The lowest BCUT2D eigenvalue weighted by molar-refractivity contribution is 0.106. The molecule has 0 N–H and O–H groups in total. The summed E-state index contributed by atoms with van der Waals surface area (Å²) in [5, 5.41) is 18.2. The summed E-state index contributed by atoms with van der Waals surface area (Å²) < 4.78 is 0. The van der Waals surface area contributed by atoms with Crippen LogP contribution in [0.2, 0.25) is 0 Å². The molecular formula is C10H14BrN3. The smallest absolute Gasteiger partial charge is 0.0874 e. The van der Waals surface area contributed by atoms with Crippen LogP contribution in [0.3, 0.4) is 0 Å². The van der Waals surface area contributed by atoms with Gasteiger partial charge in [-0.2, -0.15) is 10.5 Å². The Morgan fingerprint density at radius 3 is 2.07 bits per heavy atom. The van der Waals surface area contributed by atoms with E-state index in [1.807, 2.05) is 4.90 Å². The van der Waals surface area contributed by atoms with Crippen LogP contribution in [0.15, 0.2) is 0 Å². The zero-order valence-corrected chi connectivity index (χ0v) is 9.76. The summed E-state index contributed by atoms with van der Waals surface area (Å²) in [4.78, 5) is 1.93. The Kier molecular flexibility index (Phi) is 4.38. The first kappa shape index (κ1) is 11.5. The van der Waals surface area contributed by atoms with Gasteiger partial charge < -0.3 is 0 Å². The SMILES string of the molecule is N#CCN(CC#N)CC1(CBr)CCC1. The van der Waals surface area contributed by atoms with Gasteiger partial charge in [0.2, 0.25) is 0 Å². The summed E-state index contributed by atoms with van der Waals surface area (Å²) in [7, 11) is 0. The summed E-state index contributed by atoms with van der Waals surface area (Å²) >= 11 is 3.52. The zero-order chi connectivity index (χ0) is 10.4. The predicted octanol–water partition coefficient (Wildman–Crippen LogP) is 1.90. The van der Waals surface area contributed by atoms with Crippen molar-refractivity contribution in [2.45, 2.75) is 19.3 Å². The minimum atomic E-state index is 0.327. The highest BCUT2D eigenvalue weighted by Crippen LogP contribution is 2.42. The first-order valence-corrected chi connectivity index (χ1v) is 5.91. The second-order valence-electron chi connectivity index (χ2n) is 3.95. The Morgan fingerprint density at radius 2 is 1.79 bits per heavy atom. The number of halogens is 1. The minimum Gasteiger partial charge on any atom is -0.277 e. The van der Waals surface area contributed by atoms with Gasteiger partial charge in [-0.1, -0.05) is 22.4 Å². The van der Waals surface area contributed by atoms with Crippen LogP contribution in [0, 0.1) is 28.1 Å². The highest BCUT2D eigenvalue weighted by Gasteiger charge is 2.37. The average molecular weight is 256 g/mol. The van der Waals surface area contributed by atoms with Gasteiger partial charge in [-0.05, 0) is 18.3 Å². The molecule has 0 aromatic heterocycles. The molecule has 76 valence electrons. The first-order valence-electron chi connectivity index (χ1n) is 4.78. The zero-order valence-electron chi connectivity index (χ0n) is 8.17. The van der Waals surface area contributed by atoms with Crippen molar-refractivity contribution in [1.82, 2.24) is 4.90 Å². The van der Waals surface area contributed by atoms with Crippen molar-refractivity contribution in [3.63, 3.8) is 0 Å². The van der Waals surface area contributed by atoms with Crippen LogP contribution in [0.25, 0.3) is 0 Å². The van der Waals surface area contributed by atoms with E-state index >= 15 is 0 Å². The molecule has 0 bridgehead atoms. The van der Waals surface area contributed by atoms with Crippen molar-refractivity contribution in [3.8, 4) is 12.1 Å². The molecule has 1 aliphatic rings. The van der Waals surface area contributed by atoms with Crippen LogP contribution in [-0.2, 0) is 0 Å². The quantitative estimate of drug-likeness (QED) is 0.557. The van der Waals surface area contributed by atoms with Gasteiger partial charge in [0.15, 0.2) is 0 Å². The molecule has 0 aromatic carbocycles. The molecule has 4 heteroatoms. The van der Waals surface area contributed by atoms with Gasteiger partial charge in [0.1, 0.15) is 0 Å². The second-order valence-corrected chi connectivity index (χ2v) is 4.51. The van der Waals surface area contributed by atoms with Gasteiger partial charge in [-0.25, -0.2) is 0 Å². The highest BCUT2D eigenvalue weighted by atomic mass is 79.9. The molecule has 0 aromatic rings. The third-order valence-electron chi connectivity index (χ3n) is 2.85. The van der Waals surface area contributed by atoms with Crippen molar-refractivity contribution in [1.29, 1.82) is 10.5 Å². The molecule has 0 amide bonds. The summed E-state index contributed by atoms with van der Waals surface area (Å²) in [5.74, 6) is 0. The molecule has 0 saturated heterocycles. The van der Waals surface area contributed by atoms with E-state index in [2.05, 4.69) is 28.1 Å². The summed E-state index contributed by atoms with van der Waals surface area (Å²) in [6.45, 7) is 1.60. The molecule has 1 saturated carbocycles.